The molecular weight excluding hydrogens is 1610 g/mol. The standard InChI is InChI=1S/C125H84N8/c1-123(2)103-34-16-7-25-83(103)86-56-49-80(70-106(86)123)128-110-38-20-13-31-92(110)99-63-73(46-60-115(99)128)76-43-53-95-89-28-10-19-37-109(89)131(118(95)66-76)79-52-59-98-102(69-79)122(133-114-42-24-12-30-91(114)97-55-45-78(68-120(97)133)75-48-62-117-101(65-75)94-33-15-22-40-112(94)130(117)82-51-58-88-85-27-9-18-36-105(85)125(5,6)108(88)72-82)127-126-121(98)132-113-41-23-11-29-90(113)96-54-44-77(67-119(96)132)74-47-61-116-100(64-74)93-32-14-21-39-111(93)129(116)81-50-57-87-84-26-8-17-35-104(84)124(3,4)107(87)71-81/h7-72H,1-6H3. The summed E-state index contributed by atoms with van der Waals surface area (Å²) in [6, 6.07) is 151. The number of hydrogen-bond donors (Lipinski definition) is 0. The molecule has 0 fully saturated rings. The van der Waals surface area contributed by atoms with Crippen LogP contribution in [0.25, 0.3) is 243 Å². The van der Waals surface area contributed by atoms with Crippen LogP contribution >= 0.6 is 0 Å². The number of aromatic nitrogens is 8. The van der Waals surface area contributed by atoms with Gasteiger partial charge in [-0.25, -0.2) is 0 Å². The van der Waals surface area contributed by atoms with Gasteiger partial charge in [0.2, 0.25) is 0 Å². The Kier molecular flexibility index (Phi) is 14.9. The van der Waals surface area contributed by atoms with Crippen LogP contribution in [0.2, 0.25) is 0 Å². The van der Waals surface area contributed by atoms with E-state index in [1.54, 1.807) is 0 Å². The van der Waals surface area contributed by atoms with Crippen molar-refractivity contribution < 1.29 is 0 Å². The van der Waals surface area contributed by atoms with Gasteiger partial charge in [0, 0.05) is 114 Å². The lowest BCUT2D eigenvalue weighted by atomic mass is 9.82. The van der Waals surface area contributed by atoms with E-state index in [9.17, 15) is 0 Å². The predicted octanol–water partition coefficient (Wildman–Crippen LogP) is 32.1. The van der Waals surface area contributed by atoms with Gasteiger partial charge in [-0.3, -0.25) is 9.13 Å². The van der Waals surface area contributed by atoms with E-state index < -0.39 is 0 Å². The molecule has 0 amide bonds. The highest BCUT2D eigenvalue weighted by Gasteiger charge is 2.40. The lowest BCUT2D eigenvalue weighted by Crippen LogP contribution is -2.15. The molecule has 19 aromatic carbocycles. The minimum absolute atomic E-state index is 0.138. The fourth-order valence-corrected chi connectivity index (χ4v) is 24.6. The van der Waals surface area contributed by atoms with Crippen molar-refractivity contribution in [3.05, 3.63) is 434 Å². The molecule has 0 aliphatic heterocycles. The minimum atomic E-state index is -0.145. The van der Waals surface area contributed by atoms with Crippen LogP contribution in [-0.4, -0.2) is 37.6 Å². The van der Waals surface area contributed by atoms with E-state index in [2.05, 4.69) is 469 Å². The van der Waals surface area contributed by atoms with E-state index >= 15 is 0 Å². The Morgan fingerprint density at radius 3 is 0.722 bits per heavy atom. The predicted molar refractivity (Wildman–Crippen MR) is 555 cm³/mol. The third-order valence-corrected chi connectivity index (χ3v) is 30.9. The van der Waals surface area contributed by atoms with Crippen molar-refractivity contribution in [3.63, 3.8) is 0 Å². The fraction of sp³-hybridized carbons (Fsp3) is 0.0720. The summed E-state index contributed by atoms with van der Waals surface area (Å²) < 4.78 is 14.7. The molecule has 7 aromatic heterocycles. The maximum atomic E-state index is 5.75. The van der Waals surface area contributed by atoms with E-state index in [0.717, 1.165) is 133 Å². The minimum Gasteiger partial charge on any atom is -0.309 e. The van der Waals surface area contributed by atoms with Crippen LogP contribution in [0, 0.1) is 0 Å². The van der Waals surface area contributed by atoms with Crippen LogP contribution in [0.15, 0.2) is 400 Å². The second kappa shape index (κ2) is 26.8. The van der Waals surface area contributed by atoms with Gasteiger partial charge in [0.1, 0.15) is 0 Å². The highest BCUT2D eigenvalue weighted by Crippen LogP contribution is 2.55. The zero-order valence-corrected chi connectivity index (χ0v) is 74.2. The fourth-order valence-electron chi connectivity index (χ4n) is 24.6. The summed E-state index contributed by atoms with van der Waals surface area (Å²) in [6.07, 6.45) is 0. The Bertz CT molecular complexity index is 9720. The normalized spacial score (nSPS) is 14.0. The van der Waals surface area contributed by atoms with Gasteiger partial charge in [0.25, 0.3) is 0 Å². The molecule has 0 atom stereocenters. The summed E-state index contributed by atoms with van der Waals surface area (Å²) in [7, 11) is 0. The molecule has 8 nitrogen and oxygen atoms in total. The summed E-state index contributed by atoms with van der Waals surface area (Å²) in [6.45, 7) is 14.2. The molecule has 0 saturated carbocycles. The lowest BCUT2D eigenvalue weighted by Gasteiger charge is -2.22. The van der Waals surface area contributed by atoms with Crippen LogP contribution in [-0.2, 0) is 16.2 Å². The Morgan fingerprint density at radius 1 is 0.150 bits per heavy atom. The molecule has 624 valence electrons. The van der Waals surface area contributed by atoms with Crippen LogP contribution in [0.5, 0.6) is 0 Å². The quantitative estimate of drug-likeness (QED) is 0.145. The van der Waals surface area contributed by atoms with E-state index in [1.165, 1.54) is 143 Å². The molecule has 3 aliphatic carbocycles. The van der Waals surface area contributed by atoms with E-state index in [0.29, 0.717) is 0 Å². The molecule has 26 aromatic rings. The summed E-state index contributed by atoms with van der Waals surface area (Å²) in [5, 5.41) is 27.5. The average Bonchev–Trinajstić information content (AvgIpc) is 1.57. The van der Waals surface area contributed by atoms with E-state index in [1.807, 2.05) is 0 Å². The second-order valence-electron chi connectivity index (χ2n) is 38.8. The van der Waals surface area contributed by atoms with Crippen molar-refractivity contribution in [2.24, 2.45) is 0 Å². The number of nitrogens with zero attached hydrogens (tertiary/aromatic N) is 8. The Morgan fingerprint density at radius 2 is 0.376 bits per heavy atom. The van der Waals surface area contributed by atoms with Gasteiger partial charge in [-0.2, -0.15) is 0 Å². The molecule has 0 unspecified atom stereocenters. The summed E-state index contributed by atoms with van der Waals surface area (Å²) in [5.41, 5.74) is 40.3. The first-order chi connectivity index (χ1) is 65.2. The summed E-state index contributed by atoms with van der Waals surface area (Å²) >= 11 is 0. The zero-order valence-electron chi connectivity index (χ0n) is 74.2. The molecule has 0 spiro atoms. The van der Waals surface area contributed by atoms with Crippen molar-refractivity contribution >= 4 is 142 Å². The third-order valence-electron chi connectivity index (χ3n) is 30.9. The smallest absolute Gasteiger partial charge is 0.168 e. The molecular formula is C125H84N8. The first-order valence-corrected chi connectivity index (χ1v) is 46.5. The van der Waals surface area contributed by atoms with Crippen molar-refractivity contribution in [1.82, 2.24) is 37.6 Å². The van der Waals surface area contributed by atoms with Gasteiger partial charge < -0.3 is 18.3 Å². The first-order valence-electron chi connectivity index (χ1n) is 46.5. The van der Waals surface area contributed by atoms with Crippen molar-refractivity contribution in [1.29, 1.82) is 0 Å². The van der Waals surface area contributed by atoms with Crippen molar-refractivity contribution in [2.45, 2.75) is 57.8 Å². The molecule has 133 heavy (non-hydrogen) atoms. The van der Waals surface area contributed by atoms with Crippen LogP contribution < -0.4 is 0 Å². The number of hydrogen-bond acceptors (Lipinski definition) is 2. The number of para-hydroxylation sites is 6. The van der Waals surface area contributed by atoms with Gasteiger partial charge in [-0.1, -0.05) is 296 Å². The molecule has 8 heteroatoms. The Balaban J connectivity index is 0.619. The van der Waals surface area contributed by atoms with Gasteiger partial charge in [0.15, 0.2) is 11.6 Å². The molecule has 0 radical (unpaired) electrons. The topological polar surface area (TPSA) is 55.4 Å². The van der Waals surface area contributed by atoms with Crippen LogP contribution in [0.1, 0.15) is 74.9 Å². The molecule has 0 bridgehead atoms. The molecule has 3 aliphatic rings. The lowest BCUT2D eigenvalue weighted by molar-refractivity contribution is 0.660. The highest BCUT2D eigenvalue weighted by molar-refractivity contribution is 6.19. The van der Waals surface area contributed by atoms with Crippen LogP contribution in [0.4, 0.5) is 0 Å². The Hall–Kier alpha value is -16.7. The number of fused-ring (bicyclic) bond motifs is 28. The largest absolute Gasteiger partial charge is 0.309 e. The maximum absolute atomic E-state index is 5.75. The molecule has 7 heterocycles. The van der Waals surface area contributed by atoms with Crippen molar-refractivity contribution in [2.75, 3.05) is 0 Å². The zero-order chi connectivity index (χ0) is 87.9. The third kappa shape index (κ3) is 10.2. The molecule has 0 N–H and O–H groups in total. The summed E-state index contributed by atoms with van der Waals surface area (Å²) in [5.74, 6) is 1.47. The van der Waals surface area contributed by atoms with Crippen LogP contribution in [0.3, 0.4) is 0 Å². The maximum Gasteiger partial charge on any atom is 0.168 e. The first kappa shape index (κ1) is 74.3. The van der Waals surface area contributed by atoms with E-state index in [4.69, 9.17) is 10.2 Å². The average molecular weight is 1700 g/mol. The van der Waals surface area contributed by atoms with Gasteiger partial charge in [-0.15, -0.1) is 10.2 Å². The van der Waals surface area contributed by atoms with Crippen molar-refractivity contribution in [3.8, 4) is 101 Å². The second-order valence-corrected chi connectivity index (χ2v) is 38.8. The van der Waals surface area contributed by atoms with Gasteiger partial charge in [-0.05, 0) is 246 Å². The van der Waals surface area contributed by atoms with Gasteiger partial charge >= 0.3 is 0 Å². The highest BCUT2D eigenvalue weighted by atomic mass is 15.3. The number of benzene rings is 19. The number of rotatable bonds is 9. The Labute approximate surface area is 766 Å². The SMILES string of the molecule is CC1(C)c2ccccc2-c2ccc(-n3c4ccccc4c4cc(-c5ccc6c7ccccc7n(-c7ccc8c(-n9c%10ccccc%10c%10ccc(-c%11ccc%12c(c%11)c%11ccccc%11n%12-c%11ccc%12c(c%11)C(C)(C)c%11ccccc%11-%12)cc%109)nnc(-n9c%10ccccc%10c%10ccc(-c%11ccc%12c(c%11)c%11ccccc%11n%12-c%11ccc%12c(c%11)C(C)(C)c%11ccccc%11-%12)cc%109)c8c7)c6c5)ccc43)cc21. The monoisotopic (exact) mass is 1700 g/mol. The summed E-state index contributed by atoms with van der Waals surface area (Å²) in [4.78, 5) is 0. The molecule has 29 rings (SSSR count). The van der Waals surface area contributed by atoms with Gasteiger partial charge in [0.05, 0.1) is 66.2 Å². The van der Waals surface area contributed by atoms with E-state index in [-0.39, 0.29) is 16.2 Å². The molecule has 0 saturated heterocycles.